The van der Waals surface area contributed by atoms with Gasteiger partial charge in [-0.25, -0.2) is 0 Å². The van der Waals surface area contributed by atoms with Crippen LogP contribution in [0.3, 0.4) is 0 Å². The summed E-state index contributed by atoms with van der Waals surface area (Å²) in [4.78, 5) is 12.5. The van der Waals surface area contributed by atoms with Crippen molar-refractivity contribution in [2.24, 2.45) is 0 Å². The van der Waals surface area contributed by atoms with E-state index in [1.54, 1.807) is 12.1 Å². The highest BCUT2D eigenvalue weighted by Crippen LogP contribution is 2.29. The number of aliphatic hydroxyl groups is 1. The number of hydrogen-bond donors (Lipinski definition) is 1. The van der Waals surface area contributed by atoms with Gasteiger partial charge in [-0.2, -0.15) is 0 Å². The van der Waals surface area contributed by atoms with E-state index in [4.69, 9.17) is 0 Å². The molecule has 5 nitrogen and oxygen atoms in total. The maximum atomic E-state index is 10.7. The highest BCUT2D eigenvalue weighted by Gasteiger charge is 2.29. The fourth-order valence-corrected chi connectivity index (χ4v) is 2.15. The average Bonchev–Trinajstić information content (AvgIpc) is 3.20. The number of nitro benzene ring substituents is 1. The third-order valence-corrected chi connectivity index (χ3v) is 3.34. The summed E-state index contributed by atoms with van der Waals surface area (Å²) in [5, 5.41) is 20.8. The van der Waals surface area contributed by atoms with Gasteiger partial charge < -0.3 is 5.11 Å². The van der Waals surface area contributed by atoms with Gasteiger partial charge in [0, 0.05) is 24.7 Å². The van der Waals surface area contributed by atoms with E-state index in [9.17, 15) is 15.2 Å². The summed E-state index contributed by atoms with van der Waals surface area (Å²) in [6.07, 6.45) is 1.72. The maximum Gasteiger partial charge on any atom is 0.269 e. The molecule has 0 spiro atoms. The molecule has 0 aliphatic heterocycles. The molecule has 1 aromatic rings. The van der Waals surface area contributed by atoms with Crippen molar-refractivity contribution in [3.63, 3.8) is 0 Å². The number of nitrogens with zero attached hydrogens (tertiary/aromatic N) is 2. The Morgan fingerprint density at radius 2 is 2.28 bits per heavy atom. The standard InChI is InChI=1S/C13H18N2O3/c1-2-14(11-6-7-11)9-13(16)10-4-3-5-12(8-10)15(17)18/h3-5,8,11,13,16H,2,6-7,9H2,1H3. The van der Waals surface area contributed by atoms with E-state index in [1.165, 1.54) is 25.0 Å². The number of rotatable bonds is 6. The van der Waals surface area contributed by atoms with E-state index >= 15 is 0 Å². The van der Waals surface area contributed by atoms with Gasteiger partial charge in [-0.05, 0) is 24.9 Å². The fourth-order valence-electron chi connectivity index (χ4n) is 2.15. The zero-order valence-electron chi connectivity index (χ0n) is 10.5. The minimum atomic E-state index is -0.662. The highest BCUT2D eigenvalue weighted by molar-refractivity contribution is 5.35. The monoisotopic (exact) mass is 250 g/mol. The van der Waals surface area contributed by atoms with Crippen molar-refractivity contribution in [2.45, 2.75) is 31.9 Å². The molecular weight excluding hydrogens is 232 g/mol. The van der Waals surface area contributed by atoms with Crippen LogP contribution in [0.2, 0.25) is 0 Å². The van der Waals surface area contributed by atoms with Crippen LogP contribution in [0.15, 0.2) is 24.3 Å². The largest absolute Gasteiger partial charge is 0.387 e. The van der Waals surface area contributed by atoms with Crippen LogP contribution in [0.1, 0.15) is 31.4 Å². The zero-order chi connectivity index (χ0) is 13.1. The summed E-state index contributed by atoms with van der Waals surface area (Å²) in [6, 6.07) is 6.83. The number of aliphatic hydroxyl groups excluding tert-OH is 1. The van der Waals surface area contributed by atoms with Gasteiger partial charge in [-0.15, -0.1) is 0 Å². The molecule has 5 heteroatoms. The van der Waals surface area contributed by atoms with E-state index in [-0.39, 0.29) is 5.69 Å². The Morgan fingerprint density at radius 1 is 1.56 bits per heavy atom. The molecule has 18 heavy (non-hydrogen) atoms. The smallest absolute Gasteiger partial charge is 0.269 e. The van der Waals surface area contributed by atoms with Crippen LogP contribution in [0.25, 0.3) is 0 Å². The molecule has 0 saturated heterocycles. The number of benzene rings is 1. The van der Waals surface area contributed by atoms with E-state index in [0.29, 0.717) is 18.2 Å². The number of hydrogen-bond acceptors (Lipinski definition) is 4. The summed E-state index contributed by atoms with van der Waals surface area (Å²) in [6.45, 7) is 3.51. The predicted octanol–water partition coefficient (Wildman–Crippen LogP) is 2.11. The van der Waals surface area contributed by atoms with E-state index in [1.807, 2.05) is 0 Å². The summed E-state index contributed by atoms with van der Waals surface area (Å²) in [5.74, 6) is 0. The minimum Gasteiger partial charge on any atom is -0.387 e. The Bertz CT molecular complexity index is 432. The molecule has 1 saturated carbocycles. The predicted molar refractivity (Wildman–Crippen MR) is 68.3 cm³/mol. The van der Waals surface area contributed by atoms with Crippen LogP contribution in [0.4, 0.5) is 5.69 Å². The summed E-state index contributed by atoms with van der Waals surface area (Å²) in [7, 11) is 0. The molecule has 1 aromatic carbocycles. The Morgan fingerprint density at radius 3 is 2.83 bits per heavy atom. The van der Waals surface area contributed by atoms with Crippen molar-refractivity contribution in [2.75, 3.05) is 13.1 Å². The molecule has 1 atom stereocenters. The third-order valence-electron chi connectivity index (χ3n) is 3.34. The molecule has 0 heterocycles. The lowest BCUT2D eigenvalue weighted by Crippen LogP contribution is -2.30. The topological polar surface area (TPSA) is 66.6 Å². The molecule has 1 unspecified atom stereocenters. The van der Waals surface area contributed by atoms with Crippen molar-refractivity contribution in [3.8, 4) is 0 Å². The van der Waals surface area contributed by atoms with Gasteiger partial charge in [0.05, 0.1) is 11.0 Å². The molecule has 2 rings (SSSR count). The molecule has 0 radical (unpaired) electrons. The van der Waals surface area contributed by atoms with Gasteiger partial charge >= 0.3 is 0 Å². The van der Waals surface area contributed by atoms with Gasteiger partial charge in [0.15, 0.2) is 0 Å². The molecule has 0 bridgehead atoms. The minimum absolute atomic E-state index is 0.0287. The van der Waals surface area contributed by atoms with Gasteiger partial charge in [0.25, 0.3) is 5.69 Å². The first kappa shape index (κ1) is 13.0. The van der Waals surface area contributed by atoms with Crippen molar-refractivity contribution < 1.29 is 10.0 Å². The second-order valence-corrected chi connectivity index (χ2v) is 4.69. The zero-order valence-corrected chi connectivity index (χ0v) is 10.5. The Hall–Kier alpha value is -1.46. The average molecular weight is 250 g/mol. The fraction of sp³-hybridized carbons (Fsp3) is 0.538. The molecule has 1 N–H and O–H groups in total. The van der Waals surface area contributed by atoms with Crippen LogP contribution in [-0.2, 0) is 0 Å². The molecule has 0 amide bonds. The summed E-state index contributed by atoms with van der Waals surface area (Å²) < 4.78 is 0. The first-order chi connectivity index (χ1) is 8.61. The van der Waals surface area contributed by atoms with Gasteiger partial charge in [0.2, 0.25) is 0 Å². The lowest BCUT2D eigenvalue weighted by molar-refractivity contribution is -0.385. The van der Waals surface area contributed by atoms with Crippen molar-refractivity contribution in [1.29, 1.82) is 0 Å². The first-order valence-corrected chi connectivity index (χ1v) is 6.28. The van der Waals surface area contributed by atoms with E-state index in [2.05, 4.69) is 11.8 Å². The molecule has 98 valence electrons. The van der Waals surface area contributed by atoms with Gasteiger partial charge in [0.1, 0.15) is 0 Å². The first-order valence-electron chi connectivity index (χ1n) is 6.28. The maximum absolute atomic E-state index is 10.7. The van der Waals surface area contributed by atoms with Gasteiger partial charge in [-0.1, -0.05) is 19.1 Å². The van der Waals surface area contributed by atoms with Crippen LogP contribution >= 0.6 is 0 Å². The van der Waals surface area contributed by atoms with Crippen LogP contribution in [0, 0.1) is 10.1 Å². The summed E-state index contributed by atoms with van der Waals surface area (Å²) in [5.41, 5.74) is 0.643. The Kier molecular flexibility index (Phi) is 3.93. The summed E-state index contributed by atoms with van der Waals surface area (Å²) >= 11 is 0. The van der Waals surface area contributed by atoms with Crippen LogP contribution in [0.5, 0.6) is 0 Å². The number of likely N-dealkylation sites (N-methyl/N-ethyl adjacent to an activating group) is 1. The molecule has 1 aliphatic carbocycles. The highest BCUT2D eigenvalue weighted by atomic mass is 16.6. The lowest BCUT2D eigenvalue weighted by atomic mass is 10.1. The SMILES string of the molecule is CCN(CC(O)c1cccc([N+](=O)[O-])c1)C1CC1. The second-order valence-electron chi connectivity index (χ2n) is 4.69. The van der Waals surface area contributed by atoms with Gasteiger partial charge in [-0.3, -0.25) is 15.0 Å². The number of nitro groups is 1. The van der Waals surface area contributed by atoms with E-state index in [0.717, 1.165) is 6.54 Å². The molecule has 1 aliphatic rings. The van der Waals surface area contributed by atoms with Crippen molar-refractivity contribution >= 4 is 5.69 Å². The van der Waals surface area contributed by atoms with Crippen molar-refractivity contribution in [1.82, 2.24) is 4.90 Å². The molecule has 1 fully saturated rings. The molecular formula is C13H18N2O3. The van der Waals surface area contributed by atoms with E-state index < -0.39 is 11.0 Å². The normalized spacial score (nSPS) is 16.8. The second kappa shape index (κ2) is 5.46. The Labute approximate surface area is 106 Å². The Balaban J connectivity index is 2.05. The van der Waals surface area contributed by atoms with Crippen LogP contribution in [-0.4, -0.2) is 34.1 Å². The third kappa shape index (κ3) is 3.05. The number of non-ortho nitro benzene ring substituents is 1. The van der Waals surface area contributed by atoms with Crippen molar-refractivity contribution in [3.05, 3.63) is 39.9 Å². The molecule has 0 aromatic heterocycles. The quantitative estimate of drug-likeness (QED) is 0.620. The van der Waals surface area contributed by atoms with Crippen LogP contribution < -0.4 is 0 Å². The lowest BCUT2D eigenvalue weighted by Gasteiger charge is -2.23.